The Morgan fingerprint density at radius 3 is 2.20 bits per heavy atom. The molecule has 5 heavy (non-hydrogen) atoms. The van der Waals surface area contributed by atoms with Gasteiger partial charge in [-0.25, -0.2) is 4.79 Å². The van der Waals surface area contributed by atoms with Crippen molar-refractivity contribution in [2.45, 2.75) is 0 Å². The highest BCUT2D eigenvalue weighted by Gasteiger charge is 1.79. The van der Waals surface area contributed by atoms with Gasteiger partial charge in [0.05, 0.1) is 0 Å². The molecule has 1 heteroatoms. The lowest BCUT2D eigenvalue weighted by Crippen LogP contribution is -1.65. The van der Waals surface area contributed by atoms with Crippen LogP contribution < -0.4 is 0 Å². The molecule has 0 saturated heterocycles. The minimum absolute atomic E-state index is 0.324. The van der Waals surface area contributed by atoms with Gasteiger partial charge in [-0.15, -0.1) is 0 Å². The van der Waals surface area contributed by atoms with E-state index in [2.05, 4.69) is 13.5 Å². The molecule has 0 amide bonds. The predicted octanol–water partition coefficient (Wildman–Crippen LogP) is 0.576. The summed E-state index contributed by atoms with van der Waals surface area (Å²) in [6.07, 6.45) is 0.611. The molecule has 0 aliphatic heterocycles. The van der Waals surface area contributed by atoms with Crippen LogP contribution in [0.25, 0.3) is 0 Å². The normalized spacial score (nSPS) is 6.40. The van der Waals surface area contributed by atoms with Gasteiger partial charge in [0.15, 0.2) is 5.57 Å². The summed E-state index contributed by atoms with van der Waals surface area (Å²) in [5, 5.41) is 0. The molecule has 0 saturated carbocycles. The summed E-state index contributed by atoms with van der Waals surface area (Å²) < 4.78 is 0. The van der Waals surface area contributed by atoms with Gasteiger partial charge in [0.25, 0.3) is 6.29 Å². The molecule has 0 fully saturated rings. The third kappa shape index (κ3) is 3.28. The number of carbonyl (C=O) groups excluding carboxylic acids is 1. The van der Waals surface area contributed by atoms with E-state index in [0.717, 1.165) is 0 Å². The van der Waals surface area contributed by atoms with Crippen molar-refractivity contribution in [1.82, 2.24) is 0 Å². The van der Waals surface area contributed by atoms with Crippen LogP contribution in [0.15, 0.2) is 12.2 Å². The van der Waals surface area contributed by atoms with Gasteiger partial charge in [0.1, 0.15) is 0 Å². The number of aldehydes is 1. The Bertz CT molecular complexity index is 54.7. The quantitative estimate of drug-likeness (QED) is 0.250. The zero-order chi connectivity index (χ0) is 4.28. The van der Waals surface area contributed by atoms with Crippen LogP contribution >= 0.6 is 0 Å². The van der Waals surface area contributed by atoms with Gasteiger partial charge in [-0.05, 0) is 0 Å². The van der Waals surface area contributed by atoms with Crippen molar-refractivity contribution < 1.29 is 4.79 Å². The van der Waals surface area contributed by atoms with E-state index in [4.69, 9.17) is 0 Å². The molecule has 0 unspecified atom stereocenters. The summed E-state index contributed by atoms with van der Waals surface area (Å²) in [4.78, 5) is 9.34. The van der Waals surface area contributed by atoms with E-state index in [-0.39, 0.29) is 0 Å². The Morgan fingerprint density at radius 1 is 2.00 bits per heavy atom. The van der Waals surface area contributed by atoms with Crippen molar-refractivity contribution in [1.29, 1.82) is 0 Å². The van der Waals surface area contributed by atoms with Crippen molar-refractivity contribution in [3.8, 4) is 0 Å². The fourth-order valence-corrected chi connectivity index (χ4v) is 0. The Hall–Kier alpha value is -0.720. The summed E-state index contributed by atoms with van der Waals surface area (Å²) in [5.74, 6) is 0. The molecule has 0 heterocycles. The largest absolute Gasteiger partial charge is 0.255 e. The summed E-state index contributed by atoms with van der Waals surface area (Å²) in [6, 6.07) is 0. The maximum atomic E-state index is 9.34. The zero-order valence-corrected chi connectivity index (χ0v) is 2.90. The summed E-state index contributed by atoms with van der Waals surface area (Å²) in [7, 11) is 0. The molecule has 0 aliphatic rings. The summed E-state index contributed by atoms with van der Waals surface area (Å²) in [5.41, 5.74) is 0.324. The summed E-state index contributed by atoms with van der Waals surface area (Å²) >= 11 is 0. The van der Waals surface area contributed by atoms with Crippen LogP contribution in [0.5, 0.6) is 0 Å². The maximum Gasteiger partial charge on any atom is 0.255 e. The highest BCUT2D eigenvalue weighted by molar-refractivity contribution is 5.73. The smallest absolute Gasteiger partial charge is 0.219 e. The van der Waals surface area contributed by atoms with Gasteiger partial charge < -0.3 is 0 Å². The van der Waals surface area contributed by atoms with E-state index in [9.17, 15) is 4.79 Å². The second kappa shape index (κ2) is 1.58. The first-order chi connectivity index (χ1) is 2.27. The van der Waals surface area contributed by atoms with E-state index in [0.29, 0.717) is 11.9 Å². The predicted molar refractivity (Wildman–Crippen MR) is 20.6 cm³/mol. The number of allylic oxidation sites excluding steroid dienone is 1. The van der Waals surface area contributed by atoms with Crippen molar-refractivity contribution in [2.75, 3.05) is 0 Å². The Morgan fingerprint density at radius 2 is 2.20 bits per heavy atom. The minimum Gasteiger partial charge on any atom is -0.219 e. The average Bonchev–Trinajstić information content (AvgIpc) is 1.38. The number of carbonyl (C=O) groups is 1. The molecule has 26 valence electrons. The van der Waals surface area contributed by atoms with Crippen LogP contribution in [0.4, 0.5) is 0 Å². The standard InChI is InChI=1S/C4H5O/c1-4(2)3-5/h3H,1-2H2/q+1. The molecule has 0 aromatic heterocycles. The number of rotatable bonds is 1. The van der Waals surface area contributed by atoms with E-state index in [1.54, 1.807) is 0 Å². The molecule has 0 radical (unpaired) electrons. The number of hydrogen-bond donors (Lipinski definition) is 0. The second-order valence-electron chi connectivity index (χ2n) is 0.776. The molecule has 0 spiro atoms. The maximum absolute atomic E-state index is 9.34. The SMILES string of the molecule is C=C([CH2+])C=O. The van der Waals surface area contributed by atoms with E-state index < -0.39 is 0 Å². The van der Waals surface area contributed by atoms with Crippen LogP contribution in [-0.4, -0.2) is 6.29 Å². The minimum atomic E-state index is 0.324. The zero-order valence-electron chi connectivity index (χ0n) is 2.90. The fourth-order valence-electron chi connectivity index (χ4n) is 0. The molecule has 0 rings (SSSR count). The van der Waals surface area contributed by atoms with Gasteiger partial charge in [-0.1, -0.05) is 0 Å². The third-order valence-electron chi connectivity index (χ3n) is 0.167. The average molecular weight is 69.1 g/mol. The lowest BCUT2D eigenvalue weighted by atomic mass is 10.4. The third-order valence-corrected chi connectivity index (χ3v) is 0.167. The van der Waals surface area contributed by atoms with Crippen LogP contribution in [0, 0.1) is 6.92 Å². The van der Waals surface area contributed by atoms with Gasteiger partial charge in [0, 0.05) is 13.5 Å². The lowest BCUT2D eigenvalue weighted by molar-refractivity contribution is -0.104. The highest BCUT2D eigenvalue weighted by atomic mass is 16.1. The molecular formula is C4H5O+. The van der Waals surface area contributed by atoms with Crippen molar-refractivity contribution in [3.63, 3.8) is 0 Å². The summed E-state index contributed by atoms with van der Waals surface area (Å²) in [6.45, 7) is 6.39. The lowest BCUT2D eigenvalue weighted by Gasteiger charge is -1.53. The van der Waals surface area contributed by atoms with Gasteiger partial charge in [0.2, 0.25) is 0 Å². The Kier molecular flexibility index (Phi) is 1.36. The first-order valence-electron chi connectivity index (χ1n) is 1.23. The molecule has 0 aliphatic carbocycles. The molecule has 0 atom stereocenters. The van der Waals surface area contributed by atoms with Crippen LogP contribution in [0.1, 0.15) is 0 Å². The molecular weight excluding hydrogens is 64.0 g/mol. The van der Waals surface area contributed by atoms with Crippen molar-refractivity contribution in [2.24, 2.45) is 0 Å². The van der Waals surface area contributed by atoms with Gasteiger partial charge in [-0.2, -0.15) is 0 Å². The first kappa shape index (κ1) is 4.28. The van der Waals surface area contributed by atoms with Crippen LogP contribution in [-0.2, 0) is 4.79 Å². The molecule has 1 nitrogen and oxygen atoms in total. The molecule has 0 aromatic rings. The van der Waals surface area contributed by atoms with Gasteiger partial charge in [-0.3, -0.25) is 0 Å². The van der Waals surface area contributed by atoms with E-state index in [1.165, 1.54) is 0 Å². The number of hydrogen-bond acceptors (Lipinski definition) is 1. The Balaban J connectivity index is 3.20. The van der Waals surface area contributed by atoms with Crippen LogP contribution in [0.3, 0.4) is 0 Å². The van der Waals surface area contributed by atoms with E-state index in [1.807, 2.05) is 0 Å². The second-order valence-corrected chi connectivity index (χ2v) is 0.776. The fraction of sp³-hybridized carbons (Fsp3) is 0. The van der Waals surface area contributed by atoms with Crippen molar-refractivity contribution >= 4 is 6.29 Å². The monoisotopic (exact) mass is 69.0 g/mol. The molecule has 0 aromatic carbocycles. The topological polar surface area (TPSA) is 17.1 Å². The van der Waals surface area contributed by atoms with Gasteiger partial charge >= 0.3 is 0 Å². The Labute approximate surface area is 31.3 Å². The highest BCUT2D eigenvalue weighted by Crippen LogP contribution is 1.69. The van der Waals surface area contributed by atoms with E-state index >= 15 is 0 Å². The molecule has 0 bridgehead atoms. The molecule has 0 N–H and O–H groups in total. The first-order valence-corrected chi connectivity index (χ1v) is 1.23. The van der Waals surface area contributed by atoms with Crippen molar-refractivity contribution in [3.05, 3.63) is 19.1 Å². The van der Waals surface area contributed by atoms with Crippen LogP contribution in [0.2, 0.25) is 0 Å².